The first-order valence-corrected chi connectivity index (χ1v) is 5.79. The van der Waals surface area contributed by atoms with Gasteiger partial charge >= 0.3 is 6.03 Å². The molecule has 0 heterocycles. The van der Waals surface area contributed by atoms with Crippen LogP contribution >= 0.6 is 0 Å². The monoisotopic (exact) mass is 287 g/mol. The first-order valence-electron chi connectivity index (χ1n) is 5.79. The van der Waals surface area contributed by atoms with Crippen molar-refractivity contribution in [3.8, 4) is 0 Å². The number of nitrogens with two attached hydrogens (primary N) is 1. The summed E-state index contributed by atoms with van der Waals surface area (Å²) < 4.78 is 24.7. The Balaban J connectivity index is 2.80. The Kier molecular flexibility index (Phi) is 5.85. The van der Waals surface area contributed by atoms with Crippen molar-refractivity contribution in [3.05, 3.63) is 29.8 Å². The fraction of sp³-hybridized carbons (Fsp3) is 0.333. The molecule has 0 spiro atoms. The molecule has 0 aromatic heterocycles. The number of hydrogen-bond donors (Lipinski definition) is 3. The fourth-order valence-corrected chi connectivity index (χ4v) is 1.58. The summed E-state index contributed by atoms with van der Waals surface area (Å²) in [5.74, 6) is -0.620. The van der Waals surface area contributed by atoms with Gasteiger partial charge in [0.25, 0.3) is 12.3 Å². The smallest absolute Gasteiger partial charge is 0.316 e. The molecule has 0 saturated heterocycles. The number of anilines is 1. The maximum atomic E-state index is 12.4. The van der Waals surface area contributed by atoms with Gasteiger partial charge in [-0.1, -0.05) is 0 Å². The molecule has 4 N–H and O–H groups in total. The summed E-state index contributed by atoms with van der Waals surface area (Å²) in [6.45, 7) is -1.33. The molecule has 1 aromatic rings. The predicted molar refractivity (Wildman–Crippen MR) is 68.6 cm³/mol. The van der Waals surface area contributed by atoms with Crippen molar-refractivity contribution in [1.29, 1.82) is 0 Å². The topological polar surface area (TPSA) is 95.7 Å². The Morgan fingerprint density at radius 1 is 1.30 bits per heavy atom. The summed E-state index contributed by atoms with van der Waals surface area (Å²) in [4.78, 5) is 23.5. The maximum absolute atomic E-state index is 12.4. The largest absolute Gasteiger partial charge is 0.395 e. The Hall–Kier alpha value is -2.22. The second-order valence-corrected chi connectivity index (χ2v) is 3.93. The number of benzene rings is 1. The molecular formula is C12H15F2N3O3. The summed E-state index contributed by atoms with van der Waals surface area (Å²) in [7, 11) is 0. The van der Waals surface area contributed by atoms with E-state index in [9.17, 15) is 18.4 Å². The Morgan fingerprint density at radius 2 is 1.90 bits per heavy atom. The number of primary amides is 1. The standard InChI is InChI=1S/C12H15F2N3O3/c13-10(14)7-17(5-6-18)11(19)8-1-3-9(4-2-8)16-12(15)20/h1-4,10,18H,5-7H2,(H3,15,16,20). The predicted octanol–water partition coefficient (Wildman–Crippen LogP) is 0.877. The fourth-order valence-electron chi connectivity index (χ4n) is 1.58. The van der Waals surface area contributed by atoms with Crippen LogP contribution in [0.5, 0.6) is 0 Å². The van der Waals surface area contributed by atoms with Crippen LogP contribution in [-0.2, 0) is 0 Å². The molecule has 6 nitrogen and oxygen atoms in total. The summed E-state index contributed by atoms with van der Waals surface area (Å²) in [6.07, 6.45) is -2.68. The van der Waals surface area contributed by atoms with Crippen LogP contribution < -0.4 is 11.1 Å². The molecule has 20 heavy (non-hydrogen) atoms. The molecule has 1 rings (SSSR count). The average molecular weight is 287 g/mol. The van der Waals surface area contributed by atoms with Gasteiger partial charge in [0.15, 0.2) is 0 Å². The molecule has 0 aliphatic carbocycles. The van der Waals surface area contributed by atoms with Gasteiger partial charge in [-0.05, 0) is 24.3 Å². The first kappa shape index (κ1) is 15.8. The van der Waals surface area contributed by atoms with E-state index in [-0.39, 0.29) is 12.1 Å². The lowest BCUT2D eigenvalue weighted by Gasteiger charge is -2.21. The number of halogens is 2. The summed E-state index contributed by atoms with van der Waals surface area (Å²) in [5, 5.41) is 11.1. The highest BCUT2D eigenvalue weighted by Crippen LogP contribution is 2.12. The van der Waals surface area contributed by atoms with Gasteiger partial charge in [0.1, 0.15) is 0 Å². The van der Waals surface area contributed by atoms with E-state index in [1.54, 1.807) is 0 Å². The van der Waals surface area contributed by atoms with Crippen molar-refractivity contribution in [3.63, 3.8) is 0 Å². The van der Waals surface area contributed by atoms with Gasteiger partial charge in [-0.3, -0.25) is 4.79 Å². The number of aliphatic hydroxyl groups excluding tert-OH is 1. The van der Waals surface area contributed by atoms with Gasteiger partial charge < -0.3 is 21.1 Å². The third-order valence-electron chi connectivity index (χ3n) is 2.41. The highest BCUT2D eigenvalue weighted by atomic mass is 19.3. The number of nitrogens with zero attached hydrogens (tertiary/aromatic N) is 1. The number of carbonyl (C=O) groups excluding carboxylic acids is 2. The summed E-state index contributed by atoms with van der Waals surface area (Å²) >= 11 is 0. The molecule has 0 unspecified atom stereocenters. The molecule has 0 radical (unpaired) electrons. The number of nitrogens with one attached hydrogen (secondary N) is 1. The number of aliphatic hydroxyl groups is 1. The van der Waals surface area contributed by atoms with E-state index in [4.69, 9.17) is 10.8 Å². The van der Waals surface area contributed by atoms with Crippen molar-refractivity contribution < 1.29 is 23.5 Å². The number of hydrogen-bond acceptors (Lipinski definition) is 3. The van der Waals surface area contributed by atoms with Crippen LogP contribution in [-0.4, -0.2) is 48.1 Å². The first-order chi connectivity index (χ1) is 9.43. The zero-order valence-electron chi connectivity index (χ0n) is 10.6. The van der Waals surface area contributed by atoms with Crippen LogP contribution in [0.1, 0.15) is 10.4 Å². The van der Waals surface area contributed by atoms with Crippen LogP contribution in [0.25, 0.3) is 0 Å². The third kappa shape index (κ3) is 4.81. The zero-order chi connectivity index (χ0) is 15.1. The molecule has 0 aliphatic rings. The molecular weight excluding hydrogens is 272 g/mol. The SMILES string of the molecule is NC(=O)Nc1ccc(C(=O)N(CCO)CC(F)F)cc1. The van der Waals surface area contributed by atoms with Crippen molar-refractivity contribution >= 4 is 17.6 Å². The van der Waals surface area contributed by atoms with E-state index < -0.39 is 31.5 Å². The van der Waals surface area contributed by atoms with Crippen molar-refractivity contribution in [2.45, 2.75) is 6.43 Å². The normalized spacial score (nSPS) is 10.4. The minimum atomic E-state index is -2.68. The molecule has 0 fully saturated rings. The summed E-state index contributed by atoms with van der Waals surface area (Å²) in [5.41, 5.74) is 5.49. The third-order valence-corrected chi connectivity index (χ3v) is 2.41. The van der Waals surface area contributed by atoms with Gasteiger partial charge in [-0.2, -0.15) is 0 Å². The minimum Gasteiger partial charge on any atom is -0.395 e. The molecule has 0 bridgehead atoms. The van der Waals surface area contributed by atoms with Crippen LogP contribution in [0, 0.1) is 0 Å². The Morgan fingerprint density at radius 3 is 2.35 bits per heavy atom. The molecule has 8 heteroatoms. The molecule has 3 amide bonds. The van der Waals surface area contributed by atoms with Gasteiger partial charge in [-0.25, -0.2) is 13.6 Å². The average Bonchev–Trinajstić information content (AvgIpc) is 2.37. The van der Waals surface area contributed by atoms with Crippen molar-refractivity contribution in [1.82, 2.24) is 4.90 Å². The maximum Gasteiger partial charge on any atom is 0.316 e. The van der Waals surface area contributed by atoms with Crippen LogP contribution in [0.4, 0.5) is 19.3 Å². The zero-order valence-corrected chi connectivity index (χ0v) is 10.6. The van der Waals surface area contributed by atoms with Gasteiger partial charge in [0.05, 0.1) is 13.2 Å². The Bertz CT molecular complexity index is 466. The second-order valence-electron chi connectivity index (χ2n) is 3.93. The van der Waals surface area contributed by atoms with E-state index in [0.717, 1.165) is 4.90 Å². The Labute approximate surface area is 114 Å². The number of carbonyl (C=O) groups is 2. The molecule has 0 atom stereocenters. The highest BCUT2D eigenvalue weighted by molar-refractivity contribution is 5.95. The molecule has 0 aliphatic heterocycles. The lowest BCUT2D eigenvalue weighted by atomic mass is 10.2. The molecule has 1 aromatic carbocycles. The van der Waals surface area contributed by atoms with Gasteiger partial charge in [0.2, 0.25) is 0 Å². The second kappa shape index (κ2) is 7.39. The lowest BCUT2D eigenvalue weighted by molar-refractivity contribution is 0.0509. The van der Waals surface area contributed by atoms with Gasteiger partial charge in [-0.15, -0.1) is 0 Å². The van der Waals surface area contributed by atoms with Crippen LogP contribution in [0.15, 0.2) is 24.3 Å². The van der Waals surface area contributed by atoms with Gasteiger partial charge in [0, 0.05) is 17.8 Å². The minimum absolute atomic E-state index is 0.175. The van der Waals surface area contributed by atoms with Crippen molar-refractivity contribution in [2.24, 2.45) is 5.73 Å². The van der Waals surface area contributed by atoms with E-state index in [0.29, 0.717) is 5.69 Å². The number of urea groups is 1. The summed E-state index contributed by atoms with van der Waals surface area (Å²) in [6, 6.07) is 4.87. The van der Waals surface area contributed by atoms with E-state index in [1.165, 1.54) is 24.3 Å². The van der Waals surface area contributed by atoms with E-state index in [2.05, 4.69) is 5.32 Å². The lowest BCUT2D eigenvalue weighted by Crippen LogP contribution is -2.37. The number of alkyl halides is 2. The molecule has 110 valence electrons. The number of amides is 3. The van der Waals surface area contributed by atoms with E-state index >= 15 is 0 Å². The number of rotatable bonds is 6. The highest BCUT2D eigenvalue weighted by Gasteiger charge is 2.19. The van der Waals surface area contributed by atoms with Crippen LogP contribution in [0.2, 0.25) is 0 Å². The van der Waals surface area contributed by atoms with Crippen molar-refractivity contribution in [2.75, 3.05) is 25.0 Å². The quantitative estimate of drug-likeness (QED) is 0.724. The van der Waals surface area contributed by atoms with E-state index in [1.807, 2.05) is 0 Å². The molecule has 0 saturated carbocycles. The van der Waals surface area contributed by atoms with Crippen LogP contribution in [0.3, 0.4) is 0 Å².